The van der Waals surface area contributed by atoms with Crippen molar-refractivity contribution in [2.75, 3.05) is 13.7 Å². The normalized spacial score (nSPS) is 10.7. The van der Waals surface area contributed by atoms with Crippen LogP contribution in [0, 0.1) is 6.92 Å². The van der Waals surface area contributed by atoms with E-state index in [1.165, 1.54) is 36.8 Å². The lowest BCUT2D eigenvalue weighted by atomic mass is 10.1. The summed E-state index contributed by atoms with van der Waals surface area (Å²) in [5, 5.41) is 3.52. The van der Waals surface area contributed by atoms with Gasteiger partial charge in [0.2, 0.25) is 0 Å². The predicted molar refractivity (Wildman–Crippen MR) is 109 cm³/mol. The second-order valence-electron chi connectivity index (χ2n) is 6.80. The van der Waals surface area contributed by atoms with Gasteiger partial charge in [-0.1, -0.05) is 74.6 Å². The van der Waals surface area contributed by atoms with Gasteiger partial charge in [-0.05, 0) is 25.0 Å². The molecule has 0 amide bonds. The summed E-state index contributed by atoms with van der Waals surface area (Å²) in [6, 6.07) is 14.7. The predicted octanol–water partition coefficient (Wildman–Crippen LogP) is 5.64. The molecule has 0 aliphatic heterocycles. The summed E-state index contributed by atoms with van der Waals surface area (Å²) in [5.74, 6) is 1.69. The SMILES string of the molecule is CCCCCCCOc1c(CNCc2cccc(C)c2)cccc1OC. The average molecular weight is 356 g/mol. The van der Waals surface area contributed by atoms with Gasteiger partial charge in [0.25, 0.3) is 0 Å². The Hall–Kier alpha value is -2.00. The Labute approximate surface area is 158 Å². The molecule has 0 bridgehead atoms. The standard InChI is InChI=1S/C23H33NO2/c1-4-5-6-7-8-15-26-23-21(13-10-14-22(23)25-3)18-24-17-20-12-9-11-19(2)16-20/h9-14,16,24H,4-8,15,17-18H2,1-3H3. The molecule has 2 rings (SSSR count). The Morgan fingerprint density at radius 3 is 2.50 bits per heavy atom. The Balaban J connectivity index is 1.90. The van der Waals surface area contributed by atoms with Crippen molar-refractivity contribution < 1.29 is 9.47 Å². The second-order valence-corrected chi connectivity index (χ2v) is 6.80. The molecule has 0 aliphatic carbocycles. The molecule has 0 saturated carbocycles. The van der Waals surface area contributed by atoms with Gasteiger partial charge in [0.15, 0.2) is 11.5 Å². The fourth-order valence-electron chi connectivity index (χ4n) is 3.07. The van der Waals surface area contributed by atoms with Crippen molar-refractivity contribution >= 4 is 0 Å². The van der Waals surface area contributed by atoms with Crippen LogP contribution in [0.25, 0.3) is 0 Å². The molecule has 0 aliphatic rings. The summed E-state index contributed by atoms with van der Waals surface area (Å²) < 4.78 is 11.6. The van der Waals surface area contributed by atoms with Gasteiger partial charge in [0, 0.05) is 18.7 Å². The van der Waals surface area contributed by atoms with Crippen LogP contribution in [0.15, 0.2) is 42.5 Å². The van der Waals surface area contributed by atoms with Gasteiger partial charge >= 0.3 is 0 Å². The van der Waals surface area contributed by atoms with E-state index in [0.29, 0.717) is 0 Å². The lowest BCUT2D eigenvalue weighted by molar-refractivity contribution is 0.281. The van der Waals surface area contributed by atoms with Crippen molar-refractivity contribution in [2.24, 2.45) is 0 Å². The molecule has 2 aromatic carbocycles. The van der Waals surface area contributed by atoms with Crippen LogP contribution >= 0.6 is 0 Å². The average Bonchev–Trinajstić information content (AvgIpc) is 2.65. The Morgan fingerprint density at radius 2 is 1.73 bits per heavy atom. The van der Waals surface area contributed by atoms with E-state index in [4.69, 9.17) is 9.47 Å². The van der Waals surface area contributed by atoms with Crippen molar-refractivity contribution in [2.45, 2.75) is 59.0 Å². The van der Waals surface area contributed by atoms with Gasteiger partial charge in [-0.2, -0.15) is 0 Å². The highest BCUT2D eigenvalue weighted by atomic mass is 16.5. The lowest BCUT2D eigenvalue weighted by Crippen LogP contribution is -2.14. The van der Waals surface area contributed by atoms with Gasteiger partial charge in [-0.25, -0.2) is 0 Å². The van der Waals surface area contributed by atoms with Crippen LogP contribution in [0.2, 0.25) is 0 Å². The highest BCUT2D eigenvalue weighted by Crippen LogP contribution is 2.31. The van der Waals surface area contributed by atoms with Crippen molar-refractivity contribution in [3.05, 3.63) is 59.2 Å². The van der Waals surface area contributed by atoms with Crippen molar-refractivity contribution in [1.29, 1.82) is 0 Å². The maximum Gasteiger partial charge on any atom is 0.165 e. The first-order valence-corrected chi connectivity index (χ1v) is 9.79. The zero-order valence-electron chi connectivity index (χ0n) is 16.5. The summed E-state index contributed by atoms with van der Waals surface area (Å²) >= 11 is 0. The van der Waals surface area contributed by atoms with Gasteiger partial charge < -0.3 is 14.8 Å². The summed E-state index contributed by atoms with van der Waals surface area (Å²) in [7, 11) is 1.70. The van der Waals surface area contributed by atoms with E-state index in [-0.39, 0.29) is 0 Å². The van der Waals surface area contributed by atoms with Crippen LogP contribution in [-0.4, -0.2) is 13.7 Å². The Morgan fingerprint density at radius 1 is 0.923 bits per heavy atom. The summed E-state index contributed by atoms with van der Waals surface area (Å²) in [6.45, 7) is 6.71. The molecule has 3 nitrogen and oxygen atoms in total. The minimum atomic E-state index is 0.745. The van der Waals surface area contributed by atoms with Gasteiger partial charge in [-0.15, -0.1) is 0 Å². The summed E-state index contributed by atoms with van der Waals surface area (Å²) in [4.78, 5) is 0. The number of hydrogen-bond donors (Lipinski definition) is 1. The van der Waals surface area contributed by atoms with Crippen LogP contribution in [0.4, 0.5) is 0 Å². The minimum Gasteiger partial charge on any atom is -0.493 e. The minimum absolute atomic E-state index is 0.745. The second kappa shape index (κ2) is 11.6. The number of ether oxygens (including phenoxy) is 2. The fourth-order valence-corrected chi connectivity index (χ4v) is 3.07. The molecule has 0 saturated heterocycles. The van der Waals surface area contributed by atoms with Gasteiger partial charge in [-0.3, -0.25) is 0 Å². The zero-order valence-corrected chi connectivity index (χ0v) is 16.5. The number of nitrogens with one attached hydrogen (secondary N) is 1. The van der Waals surface area contributed by atoms with E-state index in [0.717, 1.165) is 43.2 Å². The smallest absolute Gasteiger partial charge is 0.165 e. The molecule has 26 heavy (non-hydrogen) atoms. The molecule has 0 aromatic heterocycles. The third-order valence-corrected chi connectivity index (χ3v) is 4.50. The van der Waals surface area contributed by atoms with Crippen molar-refractivity contribution in [3.8, 4) is 11.5 Å². The number of methoxy groups -OCH3 is 1. The van der Waals surface area contributed by atoms with E-state index in [2.05, 4.69) is 49.5 Å². The third-order valence-electron chi connectivity index (χ3n) is 4.50. The Bertz CT molecular complexity index is 654. The largest absolute Gasteiger partial charge is 0.493 e. The highest BCUT2D eigenvalue weighted by molar-refractivity contribution is 5.46. The van der Waals surface area contributed by atoms with Crippen LogP contribution in [0.5, 0.6) is 11.5 Å². The van der Waals surface area contributed by atoms with Crippen LogP contribution < -0.4 is 14.8 Å². The number of rotatable bonds is 12. The number of para-hydroxylation sites is 1. The molecule has 0 heterocycles. The fraction of sp³-hybridized carbons (Fsp3) is 0.478. The first kappa shape index (κ1) is 20.3. The molecular weight excluding hydrogens is 322 g/mol. The maximum atomic E-state index is 6.10. The van der Waals surface area contributed by atoms with Crippen molar-refractivity contribution in [1.82, 2.24) is 5.32 Å². The van der Waals surface area contributed by atoms with Crippen LogP contribution in [0.1, 0.15) is 55.7 Å². The highest BCUT2D eigenvalue weighted by Gasteiger charge is 2.10. The number of hydrogen-bond acceptors (Lipinski definition) is 3. The first-order valence-electron chi connectivity index (χ1n) is 9.79. The lowest BCUT2D eigenvalue weighted by Gasteiger charge is -2.16. The van der Waals surface area contributed by atoms with Gasteiger partial charge in [0.1, 0.15) is 0 Å². The first-order chi connectivity index (χ1) is 12.7. The molecule has 142 valence electrons. The molecule has 2 aromatic rings. The molecule has 0 atom stereocenters. The number of aryl methyl sites for hydroxylation is 1. The quantitative estimate of drug-likeness (QED) is 0.500. The summed E-state index contributed by atoms with van der Waals surface area (Å²) in [6.07, 6.45) is 6.18. The van der Waals surface area contributed by atoms with E-state index >= 15 is 0 Å². The van der Waals surface area contributed by atoms with E-state index in [1.807, 2.05) is 12.1 Å². The maximum absolute atomic E-state index is 6.10. The molecule has 3 heteroatoms. The molecular formula is C23H33NO2. The topological polar surface area (TPSA) is 30.5 Å². The van der Waals surface area contributed by atoms with Crippen molar-refractivity contribution in [3.63, 3.8) is 0 Å². The monoisotopic (exact) mass is 355 g/mol. The molecule has 0 spiro atoms. The van der Waals surface area contributed by atoms with Gasteiger partial charge in [0.05, 0.1) is 13.7 Å². The molecule has 0 fully saturated rings. The van der Waals surface area contributed by atoms with Crippen LogP contribution in [-0.2, 0) is 13.1 Å². The Kier molecular flexibility index (Phi) is 9.05. The number of benzene rings is 2. The van der Waals surface area contributed by atoms with Crippen LogP contribution in [0.3, 0.4) is 0 Å². The molecule has 1 N–H and O–H groups in total. The number of unbranched alkanes of at least 4 members (excludes halogenated alkanes) is 4. The summed E-state index contributed by atoms with van der Waals surface area (Å²) in [5.41, 5.74) is 3.73. The van der Waals surface area contributed by atoms with E-state index in [9.17, 15) is 0 Å². The van der Waals surface area contributed by atoms with E-state index < -0.39 is 0 Å². The third kappa shape index (κ3) is 6.72. The zero-order chi connectivity index (χ0) is 18.6. The van der Waals surface area contributed by atoms with E-state index in [1.54, 1.807) is 7.11 Å². The molecule has 0 radical (unpaired) electrons. The molecule has 0 unspecified atom stereocenters.